The summed E-state index contributed by atoms with van der Waals surface area (Å²) in [7, 11) is 3.13. The molecule has 0 aliphatic carbocycles. The van der Waals surface area contributed by atoms with E-state index in [9.17, 15) is 31.1 Å². The van der Waals surface area contributed by atoms with Gasteiger partial charge in [0, 0.05) is 38.6 Å². The molecular weight excluding hydrogens is 661 g/mol. The van der Waals surface area contributed by atoms with Crippen molar-refractivity contribution in [2.45, 2.75) is 39.2 Å². The molecule has 0 fully saturated rings. The molecule has 1 aliphatic rings. The van der Waals surface area contributed by atoms with E-state index in [0.717, 1.165) is 18.3 Å². The van der Waals surface area contributed by atoms with E-state index < -0.39 is 42.5 Å². The molecule has 0 unspecified atom stereocenters. The molecule has 3 aromatic rings. The summed E-state index contributed by atoms with van der Waals surface area (Å²) in [6.45, 7) is 11.1. The molecule has 254 valence electrons. The highest BCUT2D eigenvalue weighted by molar-refractivity contribution is 7.50. The number of rotatable bonds is 8. The van der Waals surface area contributed by atoms with Crippen LogP contribution in [0.1, 0.15) is 47.8 Å². The molecule has 0 amide bonds. The predicted octanol–water partition coefficient (Wildman–Crippen LogP) is 6.94. The van der Waals surface area contributed by atoms with Crippen molar-refractivity contribution in [2.75, 3.05) is 34.0 Å². The Morgan fingerprint density at radius 1 is 1.07 bits per heavy atom. The van der Waals surface area contributed by atoms with E-state index in [1.54, 1.807) is 19.2 Å². The minimum Gasteiger partial charge on any atom is -0.363 e. The largest absolute Gasteiger partial charge is 0.420 e. The number of pyridine rings is 1. The number of aldehydes is 1. The fraction of sp³-hybridized carbons (Fsp3) is 0.393. The molecule has 18 heteroatoms. The van der Waals surface area contributed by atoms with Crippen molar-refractivity contribution in [3.63, 3.8) is 0 Å². The maximum absolute atomic E-state index is 13.5. The number of alkyl halides is 6. The first-order valence-electron chi connectivity index (χ1n) is 13.5. The van der Waals surface area contributed by atoms with Gasteiger partial charge in [-0.3, -0.25) is 4.79 Å². The van der Waals surface area contributed by atoms with Crippen molar-refractivity contribution in [1.29, 1.82) is 0 Å². The predicted molar refractivity (Wildman–Crippen MR) is 167 cm³/mol. The molecule has 0 saturated heterocycles. The molecule has 1 aromatic carbocycles. The maximum atomic E-state index is 13.5. The van der Waals surface area contributed by atoms with Crippen LogP contribution in [0, 0.1) is 0 Å². The Balaban J connectivity index is 0.00000106. The molecule has 2 aromatic heterocycles. The monoisotopic (exact) mass is 696 g/mol. The molecule has 0 saturated carbocycles. The van der Waals surface area contributed by atoms with Gasteiger partial charge in [-0.1, -0.05) is 32.0 Å². The number of benzene rings is 1. The quantitative estimate of drug-likeness (QED) is 0.153. The van der Waals surface area contributed by atoms with Crippen molar-refractivity contribution < 1.29 is 35.7 Å². The Morgan fingerprint density at radius 3 is 2.15 bits per heavy atom. The molecule has 0 atom stereocenters. The highest BCUT2D eigenvalue weighted by atomic mass is 35.5. The van der Waals surface area contributed by atoms with Gasteiger partial charge in [0.25, 0.3) is 0 Å². The van der Waals surface area contributed by atoms with E-state index in [1.807, 2.05) is 13.8 Å². The Hall–Kier alpha value is -3.59. The van der Waals surface area contributed by atoms with Crippen LogP contribution in [0.3, 0.4) is 0 Å². The number of carbonyl (C=O) groups is 1. The zero-order valence-corrected chi connectivity index (χ0v) is 27.7. The summed E-state index contributed by atoms with van der Waals surface area (Å²) < 4.78 is 84.7. The van der Waals surface area contributed by atoms with E-state index in [-0.39, 0.29) is 38.5 Å². The van der Waals surface area contributed by atoms with Crippen LogP contribution in [0.4, 0.5) is 26.3 Å². The number of halogens is 7. The molecule has 10 nitrogen and oxygen atoms in total. The second-order valence-corrected chi connectivity index (χ2v) is 11.1. The summed E-state index contributed by atoms with van der Waals surface area (Å²) in [6, 6.07) is 8.07. The fourth-order valence-corrected chi connectivity index (χ4v) is 3.61. The van der Waals surface area contributed by atoms with E-state index in [4.69, 9.17) is 16.1 Å². The number of nitrogens with zero attached hydrogens (tertiary/aromatic N) is 7. The number of hydrogen-bond donors (Lipinski definition) is 1. The summed E-state index contributed by atoms with van der Waals surface area (Å²) in [5.41, 5.74) is 3.81. The number of hydrazone groups is 1. The first-order valence-corrected chi connectivity index (χ1v) is 16.1. The summed E-state index contributed by atoms with van der Waals surface area (Å²) >= 11 is 5.91. The third-order valence-electron chi connectivity index (χ3n) is 5.53. The van der Waals surface area contributed by atoms with Crippen LogP contribution >= 0.6 is 19.7 Å². The Bertz CT molecular complexity index is 1430. The lowest BCUT2D eigenvalue weighted by Crippen LogP contribution is -2.32. The first kappa shape index (κ1) is 40.4. The van der Waals surface area contributed by atoms with Crippen molar-refractivity contribution in [2.24, 2.45) is 10.8 Å². The summed E-state index contributed by atoms with van der Waals surface area (Å²) in [5, 5.41) is 9.92. The molecule has 46 heavy (non-hydrogen) atoms. The first-order chi connectivity index (χ1) is 21.6. The number of aromatic nitrogens is 4. The number of amidine groups is 1. The van der Waals surface area contributed by atoms with Crippen molar-refractivity contribution in [3.05, 3.63) is 82.8 Å². The highest BCUT2D eigenvalue weighted by Gasteiger charge is 2.37. The molecule has 3 heterocycles. The van der Waals surface area contributed by atoms with Gasteiger partial charge in [-0.05, 0) is 56.8 Å². The molecule has 2 N–H and O–H groups in total. The lowest BCUT2D eigenvalue weighted by Gasteiger charge is -2.23. The van der Waals surface area contributed by atoms with Crippen LogP contribution in [0.25, 0.3) is 5.82 Å². The van der Waals surface area contributed by atoms with Gasteiger partial charge in [0.05, 0.1) is 6.42 Å². The van der Waals surface area contributed by atoms with Gasteiger partial charge in [0.2, 0.25) is 0 Å². The van der Waals surface area contributed by atoms with Crippen molar-refractivity contribution >= 4 is 31.9 Å². The molecule has 0 spiro atoms. The summed E-state index contributed by atoms with van der Waals surface area (Å²) in [6.07, 6.45) is -9.08. The van der Waals surface area contributed by atoms with Gasteiger partial charge in [-0.15, -0.1) is 5.10 Å². The number of carbonyl (C=O) groups excluding carboxylic acids is 1. The van der Waals surface area contributed by atoms with E-state index in [1.165, 1.54) is 29.1 Å². The van der Waals surface area contributed by atoms with E-state index in [0.29, 0.717) is 15.3 Å². The Labute approximate surface area is 269 Å². The zero-order chi connectivity index (χ0) is 35.2. The molecule has 0 radical (unpaired) electrons. The third-order valence-corrected chi connectivity index (χ3v) is 6.51. The van der Waals surface area contributed by atoms with E-state index >= 15 is 0 Å². The van der Waals surface area contributed by atoms with E-state index in [2.05, 4.69) is 45.8 Å². The maximum Gasteiger partial charge on any atom is 0.420 e. The summed E-state index contributed by atoms with van der Waals surface area (Å²) in [4.78, 5) is 20.5. The fourth-order valence-electron chi connectivity index (χ4n) is 3.49. The molecule has 1 aliphatic heterocycles. The lowest BCUT2D eigenvalue weighted by atomic mass is 10.2. The number of hydrogen-bond acceptors (Lipinski definition) is 9. The zero-order valence-electron chi connectivity index (χ0n) is 26.1. The van der Waals surface area contributed by atoms with Gasteiger partial charge < -0.3 is 15.2 Å². The topological polar surface area (TPSA) is 115 Å². The second kappa shape index (κ2) is 18.5. The summed E-state index contributed by atoms with van der Waals surface area (Å²) in [5.74, 6) is -1.07. The smallest absolute Gasteiger partial charge is 0.363 e. The lowest BCUT2D eigenvalue weighted by molar-refractivity contribution is -0.138. The van der Waals surface area contributed by atoms with Gasteiger partial charge in [-0.2, -0.15) is 36.1 Å². The van der Waals surface area contributed by atoms with Gasteiger partial charge in [-0.25, -0.2) is 15.0 Å². The highest BCUT2D eigenvalue weighted by Crippen LogP contribution is 2.33. The number of nitrogens with two attached hydrogens (primary N) is 1. The second-order valence-electron chi connectivity index (χ2n) is 8.70. The Kier molecular flexibility index (Phi) is 16.3. The average Bonchev–Trinajstić information content (AvgIpc) is 3.58. The van der Waals surface area contributed by atoms with Crippen LogP contribution < -0.4 is 5.73 Å². The normalized spacial score (nSPS) is 12.8. The molecule has 0 bridgehead atoms. The molecule has 4 rings (SSSR count). The minimum atomic E-state index is -4.78. The van der Waals surface area contributed by atoms with Crippen molar-refractivity contribution in [1.82, 2.24) is 29.7 Å². The van der Waals surface area contributed by atoms with Crippen LogP contribution in [-0.4, -0.2) is 82.0 Å². The SMILES string of the molecule is C=C1N(Cc2nc(C=O)n(-c3ncccc3C(F)(F)F)n2)N=C(c2ccc(Cl)cc2)N1CCC(F)(F)F.CC.CN.COP(C)C. The van der Waals surface area contributed by atoms with Gasteiger partial charge in [0.1, 0.15) is 17.9 Å². The standard InChI is InChI=1S/C22H16ClF6N7O.C3H9OP.C2H6.CH5N/c1-13-34(10-8-21(24,25)26)19(14-4-6-15(23)7-5-14)33-35(13)11-17-31-18(12-37)36(32-17)20-16(22(27,28)29)3-2-9-30-20;1-4-5(2)3;2*1-2/h2-7,9,12H,1,8,10-11H2;1-3H3;1-2H3;2H2,1H3. The average molecular weight is 697 g/mol. The molecular formula is C28H36ClF6N8O2P. The van der Waals surface area contributed by atoms with Crippen LogP contribution in [-0.2, 0) is 17.2 Å². The van der Waals surface area contributed by atoms with Gasteiger partial charge in [0.15, 0.2) is 29.6 Å². The minimum absolute atomic E-state index is 0.0482. The third kappa shape index (κ3) is 11.6. The van der Waals surface area contributed by atoms with Crippen molar-refractivity contribution in [3.8, 4) is 5.82 Å². The van der Waals surface area contributed by atoms with Gasteiger partial charge >= 0.3 is 12.4 Å². The Morgan fingerprint density at radius 2 is 1.65 bits per heavy atom. The van der Waals surface area contributed by atoms with Crippen LogP contribution in [0.5, 0.6) is 0 Å². The van der Waals surface area contributed by atoms with Crippen LogP contribution in [0.15, 0.2) is 60.1 Å². The van der Waals surface area contributed by atoms with Crippen LogP contribution in [0.2, 0.25) is 5.02 Å².